The summed E-state index contributed by atoms with van der Waals surface area (Å²) in [6.07, 6.45) is 2.02. The van der Waals surface area contributed by atoms with Crippen LogP contribution in [0.15, 0.2) is 0 Å². The lowest BCUT2D eigenvalue weighted by Gasteiger charge is -2.20. The van der Waals surface area contributed by atoms with Crippen LogP contribution in [0.5, 0.6) is 0 Å². The molecule has 0 aromatic carbocycles. The standard InChI is InChI=1S/C8H16O3.C7H14OS/c1-7(9)8(2,3)5-11-6-10-4;1-6(8)7(2,3)5-9-4/h5-6H2,1-4H3;5H2,1-4H3. The highest BCUT2D eigenvalue weighted by molar-refractivity contribution is 7.98. The van der Waals surface area contributed by atoms with Crippen LogP contribution in [0.25, 0.3) is 0 Å². The van der Waals surface area contributed by atoms with Crippen LogP contribution in [0.1, 0.15) is 41.5 Å². The quantitative estimate of drug-likeness (QED) is 0.509. The third kappa shape index (κ3) is 10.4. The Labute approximate surface area is 128 Å². The van der Waals surface area contributed by atoms with E-state index >= 15 is 0 Å². The summed E-state index contributed by atoms with van der Waals surface area (Å²) in [7, 11) is 1.56. The number of rotatable bonds is 8. The maximum absolute atomic E-state index is 10.9. The van der Waals surface area contributed by atoms with Crippen molar-refractivity contribution in [2.24, 2.45) is 10.8 Å². The molecule has 0 rings (SSSR count). The van der Waals surface area contributed by atoms with Crippen molar-refractivity contribution < 1.29 is 19.1 Å². The molecule has 0 spiro atoms. The van der Waals surface area contributed by atoms with Crippen molar-refractivity contribution in [2.75, 3.05) is 32.5 Å². The smallest absolute Gasteiger partial charge is 0.146 e. The largest absolute Gasteiger partial charge is 0.359 e. The number of ether oxygens (including phenoxy) is 2. The molecule has 0 radical (unpaired) electrons. The molecule has 0 fully saturated rings. The van der Waals surface area contributed by atoms with E-state index in [0.717, 1.165) is 5.75 Å². The number of hydrogen-bond donors (Lipinski definition) is 0. The summed E-state index contributed by atoms with van der Waals surface area (Å²) in [6.45, 7) is 11.5. The molecule has 0 aliphatic carbocycles. The monoisotopic (exact) mass is 306 g/mol. The molecule has 0 bridgehead atoms. The Morgan fingerprint density at radius 3 is 1.70 bits per heavy atom. The minimum atomic E-state index is -0.390. The number of methoxy groups -OCH3 is 1. The first-order valence-electron chi connectivity index (χ1n) is 6.59. The van der Waals surface area contributed by atoms with Crippen LogP contribution in [-0.2, 0) is 19.1 Å². The summed E-state index contributed by atoms with van der Waals surface area (Å²) in [5.41, 5.74) is -0.516. The van der Waals surface area contributed by atoms with E-state index in [2.05, 4.69) is 4.74 Å². The summed E-state index contributed by atoms with van der Waals surface area (Å²) < 4.78 is 9.75. The van der Waals surface area contributed by atoms with Crippen molar-refractivity contribution in [3.63, 3.8) is 0 Å². The molecule has 0 amide bonds. The Hall–Kier alpha value is -0.390. The van der Waals surface area contributed by atoms with Crippen molar-refractivity contribution in [3.8, 4) is 0 Å². The molecule has 5 heteroatoms. The highest BCUT2D eigenvalue weighted by Crippen LogP contribution is 2.20. The zero-order valence-electron chi connectivity index (χ0n) is 14.2. The zero-order valence-corrected chi connectivity index (χ0v) is 15.0. The summed E-state index contributed by atoms with van der Waals surface area (Å²) in [5, 5.41) is 0. The Kier molecular flexibility index (Phi) is 11.3. The van der Waals surface area contributed by atoms with Crippen molar-refractivity contribution in [2.45, 2.75) is 41.5 Å². The zero-order chi connectivity index (χ0) is 16.4. The van der Waals surface area contributed by atoms with Crippen LogP contribution in [0, 0.1) is 10.8 Å². The molecule has 0 heterocycles. The highest BCUT2D eigenvalue weighted by Gasteiger charge is 2.23. The molecule has 120 valence electrons. The molecule has 0 atom stereocenters. The van der Waals surface area contributed by atoms with Crippen LogP contribution < -0.4 is 0 Å². The molecule has 0 saturated carbocycles. The van der Waals surface area contributed by atoms with Gasteiger partial charge in [-0.05, 0) is 20.1 Å². The number of Topliss-reactive ketones (excluding diaryl/α,β-unsaturated/α-hetero) is 2. The number of thioether (sulfide) groups is 1. The molecular formula is C15H30O4S. The lowest BCUT2D eigenvalue weighted by molar-refractivity contribution is -0.131. The predicted octanol–water partition coefficient (Wildman–Crippen LogP) is 3.19. The number of carbonyl (C=O) groups is 2. The van der Waals surface area contributed by atoms with Crippen molar-refractivity contribution >= 4 is 23.3 Å². The van der Waals surface area contributed by atoms with Crippen LogP contribution in [0.3, 0.4) is 0 Å². The van der Waals surface area contributed by atoms with Gasteiger partial charge in [0.15, 0.2) is 0 Å². The topological polar surface area (TPSA) is 52.6 Å². The average Bonchev–Trinajstić information content (AvgIpc) is 2.29. The molecule has 0 saturated heterocycles. The lowest BCUT2D eigenvalue weighted by atomic mass is 9.90. The fourth-order valence-corrected chi connectivity index (χ4v) is 1.87. The fourth-order valence-electron chi connectivity index (χ4n) is 0.944. The van der Waals surface area contributed by atoms with E-state index in [-0.39, 0.29) is 23.8 Å². The first kappa shape index (κ1) is 21.9. The van der Waals surface area contributed by atoms with E-state index in [4.69, 9.17) is 4.74 Å². The summed E-state index contributed by atoms with van der Waals surface area (Å²) in [4.78, 5) is 21.8. The molecule has 0 aromatic heterocycles. The second-order valence-electron chi connectivity index (χ2n) is 6.07. The number of hydrogen-bond acceptors (Lipinski definition) is 5. The molecule has 0 unspecified atom stereocenters. The SMILES string of the molecule is COCOCC(C)(C)C(C)=O.CSCC(C)(C)C(C)=O. The Balaban J connectivity index is 0. The van der Waals surface area contributed by atoms with Crippen LogP contribution in [0.4, 0.5) is 0 Å². The van der Waals surface area contributed by atoms with E-state index < -0.39 is 5.41 Å². The van der Waals surface area contributed by atoms with E-state index in [1.54, 1.807) is 32.7 Å². The summed E-state index contributed by atoms with van der Waals surface area (Å²) in [5.74, 6) is 1.33. The Morgan fingerprint density at radius 1 is 1.00 bits per heavy atom. The fraction of sp³-hybridized carbons (Fsp3) is 0.867. The van der Waals surface area contributed by atoms with E-state index in [1.807, 2.05) is 34.0 Å². The maximum atomic E-state index is 10.9. The van der Waals surface area contributed by atoms with Crippen LogP contribution in [0.2, 0.25) is 0 Å². The van der Waals surface area contributed by atoms with Gasteiger partial charge < -0.3 is 9.47 Å². The van der Waals surface area contributed by atoms with Crippen LogP contribution in [-0.4, -0.2) is 44.1 Å². The van der Waals surface area contributed by atoms with Gasteiger partial charge in [0.2, 0.25) is 0 Å². The highest BCUT2D eigenvalue weighted by atomic mass is 32.2. The number of carbonyl (C=O) groups excluding carboxylic acids is 2. The average molecular weight is 306 g/mol. The predicted molar refractivity (Wildman–Crippen MR) is 85.1 cm³/mol. The van der Waals surface area contributed by atoms with Gasteiger partial charge in [0, 0.05) is 23.7 Å². The van der Waals surface area contributed by atoms with Crippen molar-refractivity contribution in [1.82, 2.24) is 0 Å². The van der Waals surface area contributed by atoms with Gasteiger partial charge in [0.25, 0.3) is 0 Å². The molecule has 4 nitrogen and oxygen atoms in total. The summed E-state index contributed by atoms with van der Waals surface area (Å²) in [6, 6.07) is 0. The third-order valence-electron chi connectivity index (χ3n) is 3.08. The van der Waals surface area contributed by atoms with Gasteiger partial charge in [-0.25, -0.2) is 0 Å². The van der Waals surface area contributed by atoms with Gasteiger partial charge in [-0.3, -0.25) is 9.59 Å². The molecule has 20 heavy (non-hydrogen) atoms. The maximum Gasteiger partial charge on any atom is 0.146 e. The minimum absolute atomic E-state index is 0.126. The molecular weight excluding hydrogens is 276 g/mol. The Bertz CT molecular complexity index is 298. The van der Waals surface area contributed by atoms with Gasteiger partial charge in [-0.15, -0.1) is 0 Å². The molecule has 0 N–H and O–H groups in total. The molecule has 0 aliphatic rings. The van der Waals surface area contributed by atoms with Crippen LogP contribution >= 0.6 is 11.8 Å². The van der Waals surface area contributed by atoms with Gasteiger partial charge in [-0.2, -0.15) is 11.8 Å². The van der Waals surface area contributed by atoms with E-state index in [9.17, 15) is 9.59 Å². The van der Waals surface area contributed by atoms with Crippen molar-refractivity contribution in [1.29, 1.82) is 0 Å². The first-order chi connectivity index (χ1) is 9.01. The number of ketones is 2. The van der Waals surface area contributed by atoms with Crippen molar-refractivity contribution in [3.05, 3.63) is 0 Å². The molecule has 0 aliphatic heterocycles. The second-order valence-corrected chi connectivity index (χ2v) is 6.93. The second kappa shape index (κ2) is 10.4. The first-order valence-corrected chi connectivity index (χ1v) is 7.98. The van der Waals surface area contributed by atoms with Gasteiger partial charge >= 0.3 is 0 Å². The van der Waals surface area contributed by atoms with Gasteiger partial charge in [-0.1, -0.05) is 27.7 Å². The van der Waals surface area contributed by atoms with Gasteiger partial charge in [0.05, 0.1) is 6.61 Å². The van der Waals surface area contributed by atoms with Gasteiger partial charge in [0.1, 0.15) is 18.4 Å². The molecule has 0 aromatic rings. The summed E-state index contributed by atoms with van der Waals surface area (Å²) >= 11 is 1.72. The minimum Gasteiger partial charge on any atom is -0.359 e. The third-order valence-corrected chi connectivity index (χ3v) is 4.09. The Morgan fingerprint density at radius 2 is 1.45 bits per heavy atom. The van der Waals surface area contributed by atoms with E-state index in [0.29, 0.717) is 6.61 Å². The lowest BCUT2D eigenvalue weighted by Crippen LogP contribution is -2.27. The van der Waals surface area contributed by atoms with E-state index in [1.165, 1.54) is 0 Å². The normalized spacial score (nSPS) is 11.6.